The van der Waals surface area contributed by atoms with E-state index in [1.807, 2.05) is 0 Å². The number of nitrogens with two attached hydrogens (primary N) is 1. The van der Waals surface area contributed by atoms with Crippen LogP contribution in [0.1, 0.15) is 46.0 Å². The Kier molecular flexibility index (Phi) is 6.77. The summed E-state index contributed by atoms with van der Waals surface area (Å²) in [6, 6.07) is 0. The SMILES string of the molecule is CCCCC(C)(CN)CCCN=O. The number of rotatable bonds is 8. The topological polar surface area (TPSA) is 55.4 Å². The lowest BCUT2D eigenvalue weighted by Crippen LogP contribution is -2.27. The van der Waals surface area contributed by atoms with Crippen molar-refractivity contribution in [2.45, 2.75) is 46.0 Å². The van der Waals surface area contributed by atoms with E-state index in [-0.39, 0.29) is 5.41 Å². The molecule has 0 spiro atoms. The van der Waals surface area contributed by atoms with Gasteiger partial charge in [-0.2, -0.15) is 4.91 Å². The Balaban J connectivity index is 3.73. The van der Waals surface area contributed by atoms with Crippen LogP contribution >= 0.6 is 0 Å². The van der Waals surface area contributed by atoms with Crippen LogP contribution in [-0.2, 0) is 0 Å². The molecule has 0 fully saturated rings. The second kappa shape index (κ2) is 7.01. The Morgan fingerprint density at radius 1 is 1.31 bits per heavy atom. The monoisotopic (exact) mass is 186 g/mol. The summed E-state index contributed by atoms with van der Waals surface area (Å²) >= 11 is 0. The molecule has 0 aromatic rings. The molecule has 78 valence electrons. The van der Waals surface area contributed by atoms with Crippen molar-refractivity contribution in [2.75, 3.05) is 13.1 Å². The van der Waals surface area contributed by atoms with Gasteiger partial charge in [-0.05, 0) is 31.2 Å². The molecule has 1 atom stereocenters. The van der Waals surface area contributed by atoms with Crippen LogP contribution in [0, 0.1) is 10.3 Å². The lowest BCUT2D eigenvalue weighted by atomic mass is 9.81. The number of hydrogen-bond acceptors (Lipinski definition) is 3. The molecule has 2 N–H and O–H groups in total. The van der Waals surface area contributed by atoms with Crippen molar-refractivity contribution < 1.29 is 0 Å². The first kappa shape index (κ1) is 12.6. The zero-order valence-electron chi connectivity index (χ0n) is 8.88. The van der Waals surface area contributed by atoms with Gasteiger partial charge in [0.15, 0.2) is 0 Å². The van der Waals surface area contributed by atoms with Crippen LogP contribution in [0.25, 0.3) is 0 Å². The molecule has 0 aliphatic heterocycles. The summed E-state index contributed by atoms with van der Waals surface area (Å²) in [5, 5.41) is 2.86. The molecule has 0 heterocycles. The summed E-state index contributed by atoms with van der Waals surface area (Å²) in [4.78, 5) is 9.91. The highest BCUT2D eigenvalue weighted by molar-refractivity contribution is 4.75. The molecule has 0 aromatic carbocycles. The third kappa shape index (κ3) is 5.75. The van der Waals surface area contributed by atoms with Crippen LogP contribution in [0.4, 0.5) is 0 Å². The quantitative estimate of drug-likeness (QED) is 0.468. The predicted molar refractivity (Wildman–Crippen MR) is 56.6 cm³/mol. The normalized spacial score (nSPS) is 15.3. The molecule has 0 aliphatic carbocycles. The van der Waals surface area contributed by atoms with E-state index in [0.29, 0.717) is 13.1 Å². The van der Waals surface area contributed by atoms with E-state index in [4.69, 9.17) is 5.73 Å². The molecule has 0 bridgehead atoms. The van der Waals surface area contributed by atoms with E-state index in [0.717, 1.165) is 12.8 Å². The third-order valence-corrected chi connectivity index (χ3v) is 2.66. The van der Waals surface area contributed by atoms with Crippen molar-refractivity contribution in [1.29, 1.82) is 0 Å². The molecule has 0 rings (SSSR count). The maximum absolute atomic E-state index is 9.91. The third-order valence-electron chi connectivity index (χ3n) is 2.66. The van der Waals surface area contributed by atoms with E-state index in [9.17, 15) is 4.91 Å². The second-order valence-electron chi connectivity index (χ2n) is 4.07. The van der Waals surface area contributed by atoms with Gasteiger partial charge >= 0.3 is 0 Å². The number of hydrogen-bond donors (Lipinski definition) is 1. The highest BCUT2D eigenvalue weighted by Gasteiger charge is 2.20. The number of nitroso groups, excluding NO2 is 1. The lowest BCUT2D eigenvalue weighted by molar-refractivity contribution is 0.269. The molecule has 0 aromatic heterocycles. The van der Waals surface area contributed by atoms with Gasteiger partial charge in [0, 0.05) is 0 Å². The van der Waals surface area contributed by atoms with Crippen molar-refractivity contribution in [3.63, 3.8) is 0 Å². The van der Waals surface area contributed by atoms with Crippen molar-refractivity contribution in [3.8, 4) is 0 Å². The Morgan fingerprint density at radius 2 is 1.92 bits per heavy atom. The summed E-state index contributed by atoms with van der Waals surface area (Å²) in [5.41, 5.74) is 5.94. The Hall–Kier alpha value is -0.440. The van der Waals surface area contributed by atoms with Gasteiger partial charge < -0.3 is 5.73 Å². The highest BCUT2D eigenvalue weighted by atomic mass is 16.3. The van der Waals surface area contributed by atoms with E-state index in [1.54, 1.807) is 0 Å². The smallest absolute Gasteiger partial charge is 0.0811 e. The molecule has 0 saturated heterocycles. The van der Waals surface area contributed by atoms with E-state index in [2.05, 4.69) is 19.0 Å². The summed E-state index contributed by atoms with van der Waals surface area (Å²) < 4.78 is 0. The van der Waals surface area contributed by atoms with Crippen LogP contribution in [-0.4, -0.2) is 13.1 Å². The molecular formula is C10H22N2O. The lowest BCUT2D eigenvalue weighted by Gasteiger charge is -2.27. The summed E-state index contributed by atoms with van der Waals surface area (Å²) in [6.07, 6.45) is 5.50. The number of nitrogens with zero attached hydrogens (tertiary/aromatic N) is 1. The fourth-order valence-corrected chi connectivity index (χ4v) is 1.50. The molecule has 3 heteroatoms. The van der Waals surface area contributed by atoms with Crippen molar-refractivity contribution in [1.82, 2.24) is 0 Å². The van der Waals surface area contributed by atoms with Crippen LogP contribution in [0.3, 0.4) is 0 Å². The largest absolute Gasteiger partial charge is 0.330 e. The Bertz CT molecular complexity index is 139. The van der Waals surface area contributed by atoms with Crippen LogP contribution < -0.4 is 5.73 Å². The summed E-state index contributed by atoms with van der Waals surface area (Å²) in [6.45, 7) is 5.53. The Morgan fingerprint density at radius 3 is 2.38 bits per heavy atom. The average molecular weight is 186 g/mol. The van der Waals surface area contributed by atoms with E-state index < -0.39 is 0 Å². The standard InChI is InChI=1S/C10H22N2O/c1-3-4-6-10(2,9-11)7-5-8-12-13/h3-9,11H2,1-2H3. The average Bonchev–Trinajstić information content (AvgIpc) is 2.15. The fraction of sp³-hybridized carbons (Fsp3) is 1.00. The molecule has 3 nitrogen and oxygen atoms in total. The zero-order chi connectivity index (χ0) is 10.2. The maximum Gasteiger partial charge on any atom is 0.0811 e. The molecule has 13 heavy (non-hydrogen) atoms. The summed E-state index contributed by atoms with van der Waals surface area (Å²) in [5.74, 6) is 0. The minimum absolute atomic E-state index is 0.223. The summed E-state index contributed by atoms with van der Waals surface area (Å²) in [7, 11) is 0. The first-order chi connectivity index (χ1) is 6.18. The second-order valence-corrected chi connectivity index (χ2v) is 4.07. The van der Waals surface area contributed by atoms with Crippen molar-refractivity contribution in [2.24, 2.45) is 16.3 Å². The molecular weight excluding hydrogens is 164 g/mol. The highest BCUT2D eigenvalue weighted by Crippen LogP contribution is 2.28. The van der Waals surface area contributed by atoms with Crippen molar-refractivity contribution >= 4 is 0 Å². The molecule has 1 unspecified atom stereocenters. The van der Waals surface area contributed by atoms with E-state index >= 15 is 0 Å². The van der Waals surface area contributed by atoms with Gasteiger partial charge in [0.2, 0.25) is 0 Å². The van der Waals surface area contributed by atoms with Gasteiger partial charge in [0.05, 0.1) is 6.54 Å². The van der Waals surface area contributed by atoms with Gasteiger partial charge in [-0.3, -0.25) is 0 Å². The minimum atomic E-state index is 0.223. The van der Waals surface area contributed by atoms with Gasteiger partial charge in [-0.1, -0.05) is 31.9 Å². The molecule has 0 amide bonds. The molecule has 0 radical (unpaired) electrons. The van der Waals surface area contributed by atoms with Gasteiger partial charge in [0.25, 0.3) is 0 Å². The fourth-order valence-electron chi connectivity index (χ4n) is 1.50. The van der Waals surface area contributed by atoms with E-state index in [1.165, 1.54) is 19.3 Å². The first-order valence-electron chi connectivity index (χ1n) is 5.17. The zero-order valence-corrected chi connectivity index (χ0v) is 8.88. The number of unbranched alkanes of at least 4 members (excludes halogenated alkanes) is 1. The van der Waals surface area contributed by atoms with Gasteiger partial charge in [0.1, 0.15) is 0 Å². The Labute approximate surface area is 81.1 Å². The first-order valence-corrected chi connectivity index (χ1v) is 5.17. The van der Waals surface area contributed by atoms with Crippen LogP contribution in [0.2, 0.25) is 0 Å². The minimum Gasteiger partial charge on any atom is -0.330 e. The predicted octanol–water partition coefficient (Wildman–Crippen LogP) is 2.69. The van der Waals surface area contributed by atoms with Crippen molar-refractivity contribution in [3.05, 3.63) is 4.91 Å². The van der Waals surface area contributed by atoms with Gasteiger partial charge in [-0.25, -0.2) is 0 Å². The molecule has 0 aliphatic rings. The van der Waals surface area contributed by atoms with Crippen LogP contribution in [0.5, 0.6) is 0 Å². The van der Waals surface area contributed by atoms with Crippen LogP contribution in [0.15, 0.2) is 5.18 Å². The maximum atomic E-state index is 9.91. The molecule has 0 saturated carbocycles. The van der Waals surface area contributed by atoms with Gasteiger partial charge in [-0.15, -0.1) is 0 Å².